The first-order valence-electron chi connectivity index (χ1n) is 5.50. The zero-order valence-corrected chi connectivity index (χ0v) is 11.7. The van der Waals surface area contributed by atoms with Crippen LogP contribution >= 0.6 is 15.9 Å². The molecule has 1 heterocycles. The number of fused-ring (bicyclic) bond motifs is 1. The number of amides is 1. The van der Waals surface area contributed by atoms with E-state index in [4.69, 9.17) is 9.47 Å². The first kappa shape index (κ1) is 12.9. The zero-order chi connectivity index (χ0) is 13.1. The first-order chi connectivity index (χ1) is 8.58. The number of carbonyl (C=O) groups is 1. The molecule has 1 aliphatic heterocycles. The molecule has 18 heavy (non-hydrogen) atoms. The van der Waals surface area contributed by atoms with E-state index in [0.717, 1.165) is 10.0 Å². The summed E-state index contributed by atoms with van der Waals surface area (Å²) in [5.41, 5.74) is 3.27. The molecule has 0 radical (unpaired) electrons. The number of hydrogen-bond donors (Lipinski definition) is 1. The molecule has 0 bridgehead atoms. The largest absolute Gasteiger partial charge is 0.454 e. The van der Waals surface area contributed by atoms with Crippen molar-refractivity contribution in [3.63, 3.8) is 0 Å². The minimum Gasteiger partial charge on any atom is -0.454 e. The number of carbonyl (C=O) groups excluding carboxylic acids is 1. The summed E-state index contributed by atoms with van der Waals surface area (Å²) in [6.45, 7) is 3.84. The van der Waals surface area contributed by atoms with Crippen LogP contribution in [0.5, 0.6) is 11.5 Å². The highest BCUT2D eigenvalue weighted by Gasteiger charge is 2.15. The van der Waals surface area contributed by atoms with E-state index in [9.17, 15) is 4.79 Å². The van der Waals surface area contributed by atoms with E-state index in [1.165, 1.54) is 0 Å². The number of hydrazone groups is 1. The summed E-state index contributed by atoms with van der Waals surface area (Å²) < 4.78 is 11.3. The molecule has 0 aliphatic carbocycles. The molecule has 0 fully saturated rings. The molecular weight excluding hydrogens is 300 g/mol. The van der Waals surface area contributed by atoms with Gasteiger partial charge in [-0.1, -0.05) is 13.8 Å². The van der Waals surface area contributed by atoms with Gasteiger partial charge in [0, 0.05) is 16.0 Å². The Labute approximate surface area is 113 Å². The molecule has 1 aromatic rings. The Hall–Kier alpha value is -1.56. The monoisotopic (exact) mass is 312 g/mol. The normalized spacial score (nSPS) is 13.3. The van der Waals surface area contributed by atoms with Crippen molar-refractivity contribution in [2.75, 3.05) is 6.79 Å². The van der Waals surface area contributed by atoms with Crippen molar-refractivity contribution in [2.45, 2.75) is 13.8 Å². The number of halogens is 1. The Bertz CT molecular complexity index is 500. The molecule has 1 amide bonds. The average molecular weight is 313 g/mol. The Kier molecular flexibility index (Phi) is 3.86. The number of ether oxygens (including phenoxy) is 2. The number of rotatable bonds is 3. The van der Waals surface area contributed by atoms with E-state index in [2.05, 4.69) is 26.5 Å². The fourth-order valence-corrected chi connectivity index (χ4v) is 1.75. The lowest BCUT2D eigenvalue weighted by atomic mass is 10.2. The van der Waals surface area contributed by atoms with E-state index in [0.29, 0.717) is 11.5 Å². The highest BCUT2D eigenvalue weighted by Crippen LogP contribution is 2.36. The Balaban J connectivity index is 2.10. The third-order valence-corrected chi connectivity index (χ3v) is 3.08. The van der Waals surface area contributed by atoms with Crippen molar-refractivity contribution in [3.05, 3.63) is 22.2 Å². The number of hydrogen-bond acceptors (Lipinski definition) is 4. The second-order valence-corrected chi connectivity index (χ2v) is 4.97. The van der Waals surface area contributed by atoms with E-state index in [1.54, 1.807) is 26.1 Å². The maximum Gasteiger partial charge on any atom is 0.242 e. The van der Waals surface area contributed by atoms with Gasteiger partial charge in [0.2, 0.25) is 12.7 Å². The molecule has 0 spiro atoms. The molecule has 1 aromatic carbocycles. The quantitative estimate of drug-likeness (QED) is 0.688. The standard InChI is InChI=1S/C12H13BrN2O3/c1-7(2)12(16)15-14-5-8-3-10-11(4-9(8)13)18-6-17-10/h3-5,7H,6H2,1-2H3,(H,15,16). The lowest BCUT2D eigenvalue weighted by molar-refractivity contribution is -0.123. The van der Waals surface area contributed by atoms with E-state index in [-0.39, 0.29) is 18.6 Å². The molecule has 1 aliphatic rings. The van der Waals surface area contributed by atoms with Gasteiger partial charge in [-0.05, 0) is 28.1 Å². The lowest BCUT2D eigenvalue weighted by Crippen LogP contribution is -2.22. The average Bonchev–Trinajstić information content (AvgIpc) is 2.75. The first-order valence-corrected chi connectivity index (χ1v) is 6.29. The Morgan fingerprint density at radius 1 is 1.44 bits per heavy atom. The third kappa shape index (κ3) is 2.81. The van der Waals surface area contributed by atoms with Crippen LogP contribution in [0.1, 0.15) is 19.4 Å². The lowest BCUT2D eigenvalue weighted by Gasteiger charge is -2.03. The summed E-state index contributed by atoms with van der Waals surface area (Å²) in [7, 11) is 0. The highest BCUT2D eigenvalue weighted by molar-refractivity contribution is 9.10. The van der Waals surface area contributed by atoms with Crippen molar-refractivity contribution in [1.82, 2.24) is 5.43 Å². The highest BCUT2D eigenvalue weighted by atomic mass is 79.9. The van der Waals surface area contributed by atoms with Gasteiger partial charge in [-0.15, -0.1) is 0 Å². The van der Waals surface area contributed by atoms with Gasteiger partial charge in [-0.25, -0.2) is 5.43 Å². The van der Waals surface area contributed by atoms with Crippen molar-refractivity contribution in [2.24, 2.45) is 11.0 Å². The number of benzene rings is 1. The van der Waals surface area contributed by atoms with Gasteiger partial charge in [0.05, 0.1) is 6.21 Å². The van der Waals surface area contributed by atoms with Crippen LogP contribution in [0.2, 0.25) is 0 Å². The predicted molar refractivity (Wildman–Crippen MR) is 70.8 cm³/mol. The molecule has 0 saturated heterocycles. The van der Waals surface area contributed by atoms with Crippen molar-refractivity contribution < 1.29 is 14.3 Å². The van der Waals surface area contributed by atoms with Crippen LogP contribution in [0.4, 0.5) is 0 Å². The fourth-order valence-electron chi connectivity index (χ4n) is 1.33. The summed E-state index contributed by atoms with van der Waals surface area (Å²) in [5, 5.41) is 3.90. The predicted octanol–water partition coefficient (Wildman–Crippen LogP) is 2.28. The summed E-state index contributed by atoms with van der Waals surface area (Å²) in [6.07, 6.45) is 1.56. The molecule has 0 aromatic heterocycles. The summed E-state index contributed by atoms with van der Waals surface area (Å²) in [4.78, 5) is 11.3. The molecule has 6 heteroatoms. The van der Waals surface area contributed by atoms with E-state index < -0.39 is 0 Å². The van der Waals surface area contributed by atoms with Crippen LogP contribution in [0.3, 0.4) is 0 Å². The van der Waals surface area contributed by atoms with Gasteiger partial charge < -0.3 is 9.47 Å². The van der Waals surface area contributed by atoms with Crippen molar-refractivity contribution in [1.29, 1.82) is 0 Å². The van der Waals surface area contributed by atoms with Crippen LogP contribution in [0.15, 0.2) is 21.7 Å². The van der Waals surface area contributed by atoms with Crippen LogP contribution in [0, 0.1) is 5.92 Å². The Morgan fingerprint density at radius 2 is 2.11 bits per heavy atom. The number of nitrogens with zero attached hydrogens (tertiary/aromatic N) is 1. The van der Waals surface area contributed by atoms with E-state index >= 15 is 0 Å². The minimum atomic E-state index is -0.122. The maximum atomic E-state index is 11.3. The molecule has 96 valence electrons. The molecule has 0 unspecified atom stereocenters. The van der Waals surface area contributed by atoms with Gasteiger partial charge in [-0.2, -0.15) is 5.10 Å². The molecule has 5 nitrogen and oxygen atoms in total. The molecule has 2 rings (SSSR count). The fraction of sp³-hybridized carbons (Fsp3) is 0.333. The molecule has 0 atom stereocenters. The third-order valence-electron chi connectivity index (χ3n) is 2.39. The topological polar surface area (TPSA) is 59.9 Å². The maximum absolute atomic E-state index is 11.3. The molecule has 0 saturated carbocycles. The van der Waals surface area contributed by atoms with Gasteiger partial charge >= 0.3 is 0 Å². The second-order valence-electron chi connectivity index (χ2n) is 4.12. The second kappa shape index (κ2) is 5.39. The smallest absolute Gasteiger partial charge is 0.242 e. The van der Waals surface area contributed by atoms with Crippen molar-refractivity contribution >= 4 is 28.1 Å². The van der Waals surface area contributed by atoms with Crippen LogP contribution in [-0.2, 0) is 4.79 Å². The van der Waals surface area contributed by atoms with Crippen LogP contribution in [-0.4, -0.2) is 18.9 Å². The summed E-state index contributed by atoms with van der Waals surface area (Å²) >= 11 is 3.41. The number of nitrogens with one attached hydrogen (secondary N) is 1. The Morgan fingerprint density at radius 3 is 2.78 bits per heavy atom. The minimum absolute atomic E-state index is 0.0951. The zero-order valence-electron chi connectivity index (χ0n) is 10.1. The van der Waals surface area contributed by atoms with Gasteiger partial charge in [0.15, 0.2) is 11.5 Å². The van der Waals surface area contributed by atoms with E-state index in [1.807, 2.05) is 6.07 Å². The van der Waals surface area contributed by atoms with Gasteiger partial charge in [0.1, 0.15) is 0 Å². The van der Waals surface area contributed by atoms with Gasteiger partial charge in [-0.3, -0.25) is 4.79 Å². The molecular formula is C12H13BrN2O3. The molecule has 1 N–H and O–H groups in total. The summed E-state index contributed by atoms with van der Waals surface area (Å²) in [5.74, 6) is 1.16. The SMILES string of the molecule is CC(C)C(=O)NN=Cc1cc2c(cc1Br)OCO2. The van der Waals surface area contributed by atoms with Crippen molar-refractivity contribution in [3.8, 4) is 11.5 Å². The van der Waals surface area contributed by atoms with Crippen LogP contribution in [0.25, 0.3) is 0 Å². The van der Waals surface area contributed by atoms with Crippen LogP contribution < -0.4 is 14.9 Å². The van der Waals surface area contributed by atoms with Gasteiger partial charge in [0.25, 0.3) is 0 Å². The summed E-state index contributed by atoms with van der Waals surface area (Å²) in [6, 6.07) is 3.62.